The van der Waals surface area contributed by atoms with E-state index in [0.29, 0.717) is 5.75 Å². The molecule has 0 amide bonds. The maximum Gasteiger partial charge on any atom is 0.127 e. The average molecular weight is 199 g/mol. The van der Waals surface area contributed by atoms with Gasteiger partial charge in [-0.15, -0.1) is 0 Å². The molecule has 2 nitrogen and oxygen atoms in total. The zero-order valence-corrected chi connectivity index (χ0v) is 8.86. The van der Waals surface area contributed by atoms with E-state index in [1.54, 1.807) is 6.20 Å². The van der Waals surface area contributed by atoms with Crippen molar-refractivity contribution in [3.05, 3.63) is 47.7 Å². The number of phenols is 1. The number of pyridine rings is 1. The van der Waals surface area contributed by atoms with Crippen molar-refractivity contribution in [3.8, 4) is 17.0 Å². The van der Waals surface area contributed by atoms with Gasteiger partial charge in [0.1, 0.15) is 5.75 Å². The third-order valence-corrected chi connectivity index (χ3v) is 2.43. The van der Waals surface area contributed by atoms with Crippen LogP contribution in [-0.4, -0.2) is 10.1 Å². The Morgan fingerprint density at radius 2 is 1.87 bits per heavy atom. The van der Waals surface area contributed by atoms with Crippen molar-refractivity contribution in [2.24, 2.45) is 0 Å². The summed E-state index contributed by atoms with van der Waals surface area (Å²) in [4.78, 5) is 4.29. The molecule has 0 aliphatic rings. The second-order valence-electron chi connectivity index (χ2n) is 3.69. The van der Waals surface area contributed by atoms with Crippen molar-refractivity contribution < 1.29 is 5.11 Å². The van der Waals surface area contributed by atoms with Gasteiger partial charge in [-0.3, -0.25) is 4.98 Å². The number of aryl methyl sites for hydroxylation is 2. The van der Waals surface area contributed by atoms with E-state index in [1.165, 1.54) is 0 Å². The lowest BCUT2D eigenvalue weighted by Gasteiger charge is -2.06. The van der Waals surface area contributed by atoms with E-state index in [2.05, 4.69) is 4.98 Å². The van der Waals surface area contributed by atoms with Gasteiger partial charge in [0.05, 0.1) is 5.69 Å². The molecule has 1 aromatic heterocycles. The second kappa shape index (κ2) is 3.73. The van der Waals surface area contributed by atoms with Gasteiger partial charge < -0.3 is 5.11 Å². The van der Waals surface area contributed by atoms with Gasteiger partial charge in [-0.05, 0) is 37.1 Å². The molecule has 0 spiro atoms. The smallest absolute Gasteiger partial charge is 0.127 e. The van der Waals surface area contributed by atoms with E-state index >= 15 is 0 Å². The molecule has 2 aromatic rings. The SMILES string of the molecule is Cc1ccc(-c2cccc(C)c2O)nc1. The fraction of sp³-hybridized carbons (Fsp3) is 0.154. The standard InChI is InChI=1S/C13H13NO/c1-9-6-7-12(14-8-9)11-5-3-4-10(2)13(11)15/h3-8,15H,1-2H3. The minimum atomic E-state index is 0.314. The molecule has 0 saturated heterocycles. The second-order valence-corrected chi connectivity index (χ2v) is 3.69. The lowest BCUT2D eigenvalue weighted by atomic mass is 10.1. The average Bonchev–Trinajstić information content (AvgIpc) is 2.24. The number of aromatic nitrogens is 1. The number of hydrogen-bond acceptors (Lipinski definition) is 2. The van der Waals surface area contributed by atoms with Crippen LogP contribution in [0.1, 0.15) is 11.1 Å². The molecule has 1 heterocycles. The molecule has 0 unspecified atom stereocenters. The van der Waals surface area contributed by atoms with Gasteiger partial charge in [0.25, 0.3) is 0 Å². The van der Waals surface area contributed by atoms with Crippen molar-refractivity contribution >= 4 is 0 Å². The van der Waals surface area contributed by atoms with Crippen LogP contribution in [0, 0.1) is 13.8 Å². The third-order valence-electron chi connectivity index (χ3n) is 2.43. The molecule has 76 valence electrons. The predicted octanol–water partition coefficient (Wildman–Crippen LogP) is 3.07. The van der Waals surface area contributed by atoms with Crippen LogP contribution >= 0.6 is 0 Å². The number of hydrogen-bond donors (Lipinski definition) is 1. The molecule has 2 rings (SSSR count). The van der Waals surface area contributed by atoms with Crippen LogP contribution in [0.4, 0.5) is 0 Å². The fourth-order valence-corrected chi connectivity index (χ4v) is 1.49. The van der Waals surface area contributed by atoms with E-state index in [9.17, 15) is 5.11 Å². The largest absolute Gasteiger partial charge is 0.507 e. The van der Waals surface area contributed by atoms with Crippen molar-refractivity contribution in [2.75, 3.05) is 0 Å². The summed E-state index contributed by atoms with van der Waals surface area (Å²) in [5, 5.41) is 9.88. The Labute approximate surface area is 89.2 Å². The maximum absolute atomic E-state index is 9.88. The number of benzene rings is 1. The molecule has 0 atom stereocenters. The summed E-state index contributed by atoms with van der Waals surface area (Å²) in [6, 6.07) is 9.59. The van der Waals surface area contributed by atoms with Gasteiger partial charge in [-0.25, -0.2) is 0 Å². The zero-order chi connectivity index (χ0) is 10.8. The molecule has 0 bridgehead atoms. The zero-order valence-electron chi connectivity index (χ0n) is 8.86. The molecule has 15 heavy (non-hydrogen) atoms. The normalized spacial score (nSPS) is 10.3. The molecule has 1 N–H and O–H groups in total. The Morgan fingerprint density at radius 1 is 1.07 bits per heavy atom. The van der Waals surface area contributed by atoms with Crippen LogP contribution in [0.5, 0.6) is 5.75 Å². The molecule has 0 radical (unpaired) electrons. The predicted molar refractivity (Wildman–Crippen MR) is 60.8 cm³/mol. The van der Waals surface area contributed by atoms with Crippen molar-refractivity contribution in [1.29, 1.82) is 0 Å². The highest BCUT2D eigenvalue weighted by Crippen LogP contribution is 2.30. The number of phenolic OH excluding ortho intramolecular Hbond substituents is 1. The topological polar surface area (TPSA) is 33.1 Å². The molecule has 0 saturated carbocycles. The number of rotatable bonds is 1. The van der Waals surface area contributed by atoms with E-state index in [-0.39, 0.29) is 0 Å². The summed E-state index contributed by atoms with van der Waals surface area (Å²) in [6.45, 7) is 3.87. The van der Waals surface area contributed by atoms with Gasteiger partial charge in [0.2, 0.25) is 0 Å². The van der Waals surface area contributed by atoms with Crippen LogP contribution in [0.25, 0.3) is 11.3 Å². The van der Waals surface area contributed by atoms with Gasteiger partial charge in [0, 0.05) is 11.8 Å². The van der Waals surface area contributed by atoms with Crippen molar-refractivity contribution in [2.45, 2.75) is 13.8 Å². The summed E-state index contributed by atoms with van der Waals surface area (Å²) in [7, 11) is 0. The van der Waals surface area contributed by atoms with E-state index in [0.717, 1.165) is 22.4 Å². The first-order valence-electron chi connectivity index (χ1n) is 4.90. The molecule has 0 fully saturated rings. The Hall–Kier alpha value is -1.83. The van der Waals surface area contributed by atoms with E-state index in [1.807, 2.05) is 44.2 Å². The van der Waals surface area contributed by atoms with Gasteiger partial charge >= 0.3 is 0 Å². The monoisotopic (exact) mass is 199 g/mol. The van der Waals surface area contributed by atoms with Gasteiger partial charge in [-0.2, -0.15) is 0 Å². The number of para-hydroxylation sites is 1. The van der Waals surface area contributed by atoms with Crippen molar-refractivity contribution in [3.63, 3.8) is 0 Å². The molecule has 1 aromatic carbocycles. The van der Waals surface area contributed by atoms with Gasteiger partial charge in [-0.1, -0.05) is 18.2 Å². The molecule has 0 aliphatic heterocycles. The van der Waals surface area contributed by atoms with Crippen LogP contribution in [-0.2, 0) is 0 Å². The minimum absolute atomic E-state index is 0.314. The highest BCUT2D eigenvalue weighted by molar-refractivity contribution is 5.68. The molecular weight excluding hydrogens is 186 g/mol. The Bertz CT molecular complexity index is 474. The van der Waals surface area contributed by atoms with Crippen LogP contribution < -0.4 is 0 Å². The highest BCUT2D eigenvalue weighted by atomic mass is 16.3. The lowest BCUT2D eigenvalue weighted by molar-refractivity contribution is 0.473. The third kappa shape index (κ3) is 1.84. The summed E-state index contributed by atoms with van der Waals surface area (Å²) < 4.78 is 0. The minimum Gasteiger partial charge on any atom is -0.507 e. The quantitative estimate of drug-likeness (QED) is 0.765. The first-order chi connectivity index (χ1) is 7.18. The fourth-order valence-electron chi connectivity index (χ4n) is 1.49. The van der Waals surface area contributed by atoms with Crippen LogP contribution in [0.15, 0.2) is 36.5 Å². The van der Waals surface area contributed by atoms with Crippen LogP contribution in [0.3, 0.4) is 0 Å². The van der Waals surface area contributed by atoms with Gasteiger partial charge in [0.15, 0.2) is 0 Å². The Kier molecular flexibility index (Phi) is 2.42. The lowest BCUT2D eigenvalue weighted by Crippen LogP contribution is -1.86. The summed E-state index contributed by atoms with van der Waals surface area (Å²) in [5.74, 6) is 0.314. The first-order valence-corrected chi connectivity index (χ1v) is 4.90. The van der Waals surface area contributed by atoms with Crippen LogP contribution in [0.2, 0.25) is 0 Å². The highest BCUT2D eigenvalue weighted by Gasteiger charge is 2.06. The summed E-state index contributed by atoms with van der Waals surface area (Å²) >= 11 is 0. The first kappa shape index (κ1) is 9.71. The molecule has 2 heteroatoms. The number of nitrogens with zero attached hydrogens (tertiary/aromatic N) is 1. The molecular formula is C13H13NO. The molecule has 0 aliphatic carbocycles. The maximum atomic E-state index is 9.88. The summed E-state index contributed by atoms with van der Waals surface area (Å²) in [5.41, 5.74) is 3.58. The Morgan fingerprint density at radius 3 is 2.53 bits per heavy atom. The Balaban J connectivity index is 2.54. The summed E-state index contributed by atoms with van der Waals surface area (Å²) in [6.07, 6.45) is 1.80. The number of aromatic hydroxyl groups is 1. The van der Waals surface area contributed by atoms with E-state index in [4.69, 9.17) is 0 Å². The van der Waals surface area contributed by atoms with Crippen molar-refractivity contribution in [1.82, 2.24) is 4.98 Å². The van der Waals surface area contributed by atoms with E-state index < -0.39 is 0 Å².